The number of furan rings is 1. The van der Waals surface area contributed by atoms with Crippen LogP contribution >= 0.6 is 11.3 Å². The van der Waals surface area contributed by atoms with E-state index in [1.54, 1.807) is 22.9 Å². The van der Waals surface area contributed by atoms with E-state index in [0.29, 0.717) is 5.56 Å². The summed E-state index contributed by atoms with van der Waals surface area (Å²) >= 11 is 1.29. The van der Waals surface area contributed by atoms with Crippen molar-refractivity contribution in [2.45, 2.75) is 36.4 Å². The van der Waals surface area contributed by atoms with E-state index in [9.17, 15) is 19.2 Å². The van der Waals surface area contributed by atoms with Gasteiger partial charge in [-0.2, -0.15) is 11.3 Å². The Labute approximate surface area is 204 Å². The van der Waals surface area contributed by atoms with Gasteiger partial charge in [-0.3, -0.25) is 14.4 Å². The lowest BCUT2D eigenvalue weighted by Gasteiger charge is -2.58. The second-order valence-electron chi connectivity index (χ2n) is 9.23. The van der Waals surface area contributed by atoms with Gasteiger partial charge in [-0.1, -0.05) is 0 Å². The van der Waals surface area contributed by atoms with Crippen molar-refractivity contribution in [1.29, 1.82) is 0 Å². The van der Waals surface area contributed by atoms with Gasteiger partial charge in [0.25, 0.3) is 0 Å². The van der Waals surface area contributed by atoms with E-state index in [1.165, 1.54) is 37.0 Å². The molecule has 4 N–H and O–H groups in total. The third-order valence-corrected chi connectivity index (χ3v) is 8.09. The van der Waals surface area contributed by atoms with Gasteiger partial charge in [0.1, 0.15) is 6.10 Å². The predicted molar refractivity (Wildman–Crippen MR) is 121 cm³/mol. The minimum Gasteiger partial charge on any atom is -0.472 e. The zero-order valence-electron chi connectivity index (χ0n) is 18.8. The second kappa shape index (κ2) is 8.43. The van der Waals surface area contributed by atoms with E-state index in [-0.39, 0.29) is 30.6 Å². The summed E-state index contributed by atoms with van der Waals surface area (Å²) < 4.78 is 21.2. The minimum atomic E-state index is -1.47. The molecular weight excluding hydrogens is 476 g/mol. The molecule has 0 spiro atoms. The van der Waals surface area contributed by atoms with Crippen molar-refractivity contribution in [3.05, 3.63) is 58.4 Å². The summed E-state index contributed by atoms with van der Waals surface area (Å²) in [6, 6.07) is 3.20. The van der Waals surface area contributed by atoms with Gasteiger partial charge < -0.3 is 30.1 Å². The molecule has 1 aliphatic heterocycles. The van der Waals surface area contributed by atoms with Crippen LogP contribution in [0.1, 0.15) is 41.3 Å². The van der Waals surface area contributed by atoms with E-state index >= 15 is 0 Å². The summed E-state index contributed by atoms with van der Waals surface area (Å²) in [4.78, 5) is 52.4. The first-order valence-corrected chi connectivity index (χ1v) is 12.0. The lowest BCUT2D eigenvalue weighted by Crippen LogP contribution is -2.76. The number of nitrogens with two attached hydrogens (primary N) is 2. The number of ether oxygens (including phenoxy) is 3. The molecule has 0 unspecified atom stereocenters. The number of thiophene rings is 1. The van der Waals surface area contributed by atoms with E-state index < -0.39 is 58.6 Å². The second-order valence-corrected chi connectivity index (χ2v) is 10.0. The number of carbonyl (C=O) groups excluding carboxylic acids is 4. The lowest BCUT2D eigenvalue weighted by molar-refractivity contribution is -0.179. The summed E-state index contributed by atoms with van der Waals surface area (Å²) in [7, 11) is 1.21. The van der Waals surface area contributed by atoms with Crippen molar-refractivity contribution in [3.8, 4) is 0 Å². The summed E-state index contributed by atoms with van der Waals surface area (Å²) in [5.41, 5.74) is 11.7. The van der Waals surface area contributed by atoms with Crippen LogP contribution in [0.5, 0.6) is 0 Å². The lowest BCUT2D eigenvalue weighted by atomic mass is 9.50. The number of cyclic esters (lactones) is 1. The van der Waals surface area contributed by atoms with Gasteiger partial charge in [0.15, 0.2) is 5.76 Å². The first-order valence-electron chi connectivity index (χ1n) is 11.1. The highest BCUT2D eigenvalue weighted by Crippen LogP contribution is 2.55. The van der Waals surface area contributed by atoms with Crippen LogP contribution in [-0.4, -0.2) is 41.9 Å². The summed E-state index contributed by atoms with van der Waals surface area (Å²) in [5.74, 6) is -6.14. The Hall–Kier alpha value is -3.28. The third-order valence-electron chi connectivity index (χ3n) is 7.40. The fourth-order valence-corrected chi connectivity index (χ4v) is 6.35. The highest BCUT2D eigenvalue weighted by atomic mass is 32.1. The molecule has 5 rings (SSSR count). The molecule has 3 aliphatic rings. The van der Waals surface area contributed by atoms with Crippen molar-refractivity contribution in [2.24, 2.45) is 29.2 Å². The maximum atomic E-state index is 13.9. The van der Waals surface area contributed by atoms with Crippen molar-refractivity contribution in [2.75, 3.05) is 7.11 Å². The topological polar surface area (TPSA) is 161 Å². The van der Waals surface area contributed by atoms with Gasteiger partial charge >= 0.3 is 17.9 Å². The summed E-state index contributed by atoms with van der Waals surface area (Å²) in [5, 5.41) is 3.27. The first kappa shape index (κ1) is 23.5. The predicted octanol–water partition coefficient (Wildman–Crippen LogP) is 1.86. The van der Waals surface area contributed by atoms with Gasteiger partial charge in [-0.05, 0) is 36.4 Å². The Morgan fingerprint density at radius 2 is 2.00 bits per heavy atom. The molecule has 3 heterocycles. The number of esters is 3. The smallest absolute Gasteiger partial charge is 0.344 e. The number of fused-ring (bicyclic) bond motifs is 3. The number of ketones is 1. The Morgan fingerprint density at radius 3 is 2.66 bits per heavy atom. The maximum absolute atomic E-state index is 13.9. The van der Waals surface area contributed by atoms with Crippen LogP contribution < -0.4 is 11.5 Å². The van der Waals surface area contributed by atoms with E-state index in [2.05, 4.69) is 0 Å². The van der Waals surface area contributed by atoms with Crippen LogP contribution in [0.2, 0.25) is 0 Å². The molecule has 1 saturated carbocycles. The number of carbonyl (C=O) groups is 4. The molecule has 0 bridgehead atoms. The number of allylic oxidation sites excluding steroid dienone is 1. The fraction of sp³-hybridized carbons (Fsp3) is 0.417. The number of hydrogen-bond donors (Lipinski definition) is 2. The third kappa shape index (κ3) is 3.62. The molecule has 2 aliphatic carbocycles. The van der Waals surface area contributed by atoms with Crippen molar-refractivity contribution >= 4 is 35.0 Å². The van der Waals surface area contributed by atoms with E-state index in [1.807, 2.05) is 0 Å². The van der Waals surface area contributed by atoms with E-state index in [0.717, 1.165) is 0 Å². The van der Waals surface area contributed by atoms with E-state index in [4.69, 9.17) is 30.1 Å². The standard InChI is InChI=1S/C24H24N2O8S/c1-31-21(29)15-8-16(33-20(28)13-4-7-35-11-13)18(27)19-23(15,25)5-2-14-22(30)34-17(9-24(14,19)26)12-3-6-32-10-12/h3-4,6-8,10-11,14-15,17,19H,2,5,9,25-26H2,1H3/t14-,15-,17-,19-,23+,24+/m0/s1. The molecule has 2 aromatic heterocycles. The van der Waals surface area contributed by atoms with Gasteiger partial charge in [-0.15, -0.1) is 0 Å². The normalized spacial score (nSPS) is 34.2. The molecule has 184 valence electrons. The number of hydrogen-bond acceptors (Lipinski definition) is 11. The zero-order valence-corrected chi connectivity index (χ0v) is 19.6. The highest BCUT2D eigenvalue weighted by molar-refractivity contribution is 7.08. The monoisotopic (exact) mass is 500 g/mol. The van der Waals surface area contributed by atoms with Crippen LogP contribution in [0.4, 0.5) is 0 Å². The molecule has 0 amide bonds. The molecule has 2 fully saturated rings. The average molecular weight is 501 g/mol. The highest BCUT2D eigenvalue weighted by Gasteiger charge is 2.67. The van der Waals surface area contributed by atoms with Crippen LogP contribution in [0.3, 0.4) is 0 Å². The SMILES string of the molecule is COC(=O)[C@@H]1C=C(OC(=O)c2ccsc2)C(=O)[C@H]2[C@@]1(N)CC[C@H]1C(=O)O[C@H](c3ccoc3)C[C@]21N. The molecule has 0 radical (unpaired) electrons. The Balaban J connectivity index is 1.58. The Morgan fingerprint density at radius 1 is 1.20 bits per heavy atom. The van der Waals surface area contributed by atoms with Crippen molar-refractivity contribution < 1.29 is 37.8 Å². The van der Waals surface area contributed by atoms with Crippen molar-refractivity contribution in [1.82, 2.24) is 0 Å². The molecule has 11 heteroatoms. The van der Waals surface area contributed by atoms with Crippen LogP contribution in [0.25, 0.3) is 0 Å². The Kier molecular flexibility index (Phi) is 5.65. The van der Waals surface area contributed by atoms with Crippen LogP contribution in [0, 0.1) is 17.8 Å². The first-order chi connectivity index (χ1) is 16.7. The van der Waals surface area contributed by atoms with Gasteiger partial charge in [0.05, 0.1) is 43.0 Å². The number of rotatable bonds is 4. The molecule has 10 nitrogen and oxygen atoms in total. The largest absolute Gasteiger partial charge is 0.472 e. The average Bonchev–Trinajstić information content (AvgIpc) is 3.54. The van der Waals surface area contributed by atoms with Gasteiger partial charge in [0.2, 0.25) is 5.78 Å². The molecule has 35 heavy (non-hydrogen) atoms. The molecule has 2 aromatic rings. The maximum Gasteiger partial charge on any atom is 0.344 e. The number of Topliss-reactive ketones (excluding diaryl/α,β-unsaturated/α-hetero) is 1. The van der Waals surface area contributed by atoms with Crippen LogP contribution in [-0.2, 0) is 28.6 Å². The zero-order chi connectivity index (χ0) is 25.0. The molecule has 6 atom stereocenters. The Bertz CT molecular complexity index is 1210. The number of methoxy groups -OCH3 is 1. The summed E-state index contributed by atoms with van der Waals surface area (Å²) in [6.07, 6.45) is 3.78. The minimum absolute atomic E-state index is 0.0674. The quantitative estimate of drug-likeness (QED) is 0.468. The molecular formula is C24H24N2O8S. The van der Waals surface area contributed by atoms with Gasteiger partial charge in [0, 0.05) is 28.4 Å². The fourth-order valence-electron chi connectivity index (χ4n) is 5.73. The molecule has 0 aromatic carbocycles. The van der Waals surface area contributed by atoms with Gasteiger partial charge in [-0.25, -0.2) is 4.79 Å². The summed E-state index contributed by atoms with van der Waals surface area (Å²) in [6.45, 7) is 0. The van der Waals surface area contributed by atoms with Crippen LogP contribution in [0.15, 0.2) is 51.7 Å². The van der Waals surface area contributed by atoms with Crippen molar-refractivity contribution in [3.63, 3.8) is 0 Å². The molecule has 1 saturated heterocycles.